The molecule has 13 heavy (non-hydrogen) atoms. The number of carbonyl (C=O) groups is 1. The summed E-state index contributed by atoms with van der Waals surface area (Å²) in [6.45, 7) is 0.180. The molecule has 0 saturated carbocycles. The van der Waals surface area contributed by atoms with Crippen molar-refractivity contribution in [2.75, 3.05) is 12.3 Å². The highest BCUT2D eigenvalue weighted by atomic mass is 32.2. The minimum absolute atomic E-state index is 0.180. The number of sulfonamides is 1. The van der Waals surface area contributed by atoms with Crippen LogP contribution in [0.5, 0.6) is 0 Å². The highest BCUT2D eigenvalue weighted by molar-refractivity contribution is 7.90. The number of unbranched alkanes of at least 4 members (excludes halogenated alkanes) is 1. The summed E-state index contributed by atoms with van der Waals surface area (Å²) in [5, 5.41) is 8.20. The monoisotopic (exact) mass is 205 g/mol. The van der Waals surface area contributed by atoms with Gasteiger partial charge in [0, 0.05) is 13.0 Å². The fourth-order valence-electron chi connectivity index (χ4n) is 0.632. The van der Waals surface area contributed by atoms with Gasteiger partial charge in [0.25, 0.3) is 0 Å². The van der Waals surface area contributed by atoms with Crippen LogP contribution >= 0.6 is 0 Å². The third kappa shape index (κ3) is 7.31. The van der Waals surface area contributed by atoms with Crippen molar-refractivity contribution >= 4 is 16.0 Å². The van der Waals surface area contributed by atoms with Crippen molar-refractivity contribution < 1.29 is 18.3 Å². The summed E-state index contributed by atoms with van der Waals surface area (Å²) >= 11 is 0. The second kappa shape index (κ2) is 5.56. The number of aliphatic carboxylic acids is 1. The van der Waals surface area contributed by atoms with Crippen LogP contribution in [0.1, 0.15) is 12.8 Å². The standard InChI is InChI=1S/C7H11NO4S/c1-2-3-4-5-8-13(11,12)6-7(9)10/h1,8H,3-6H2,(H,9,10). The highest BCUT2D eigenvalue weighted by Gasteiger charge is 2.13. The fourth-order valence-corrected chi connectivity index (χ4v) is 1.51. The van der Waals surface area contributed by atoms with Crippen LogP contribution < -0.4 is 4.72 Å². The topological polar surface area (TPSA) is 83.5 Å². The van der Waals surface area contributed by atoms with Gasteiger partial charge in [-0.15, -0.1) is 12.3 Å². The van der Waals surface area contributed by atoms with E-state index in [0.29, 0.717) is 12.8 Å². The lowest BCUT2D eigenvalue weighted by atomic mass is 10.3. The first kappa shape index (κ1) is 11.9. The molecule has 0 unspecified atom stereocenters. The zero-order chi connectivity index (χ0) is 10.3. The van der Waals surface area contributed by atoms with Crippen LogP contribution in [0.25, 0.3) is 0 Å². The lowest BCUT2D eigenvalue weighted by molar-refractivity contribution is -0.134. The Balaban J connectivity index is 3.78. The summed E-state index contributed by atoms with van der Waals surface area (Å²) in [4.78, 5) is 10.1. The van der Waals surface area contributed by atoms with Crippen molar-refractivity contribution in [1.82, 2.24) is 4.72 Å². The van der Waals surface area contributed by atoms with Crippen molar-refractivity contribution in [3.63, 3.8) is 0 Å². The van der Waals surface area contributed by atoms with Gasteiger partial charge in [0.15, 0.2) is 5.75 Å². The second-order valence-corrected chi connectivity index (χ2v) is 4.16. The van der Waals surface area contributed by atoms with Gasteiger partial charge >= 0.3 is 5.97 Å². The number of hydrogen-bond donors (Lipinski definition) is 2. The van der Waals surface area contributed by atoms with E-state index in [2.05, 4.69) is 10.6 Å². The summed E-state index contributed by atoms with van der Waals surface area (Å²) in [6, 6.07) is 0. The van der Waals surface area contributed by atoms with Gasteiger partial charge in [-0.25, -0.2) is 13.1 Å². The lowest BCUT2D eigenvalue weighted by Gasteiger charge is -2.01. The van der Waals surface area contributed by atoms with Crippen LogP contribution in [0.3, 0.4) is 0 Å². The predicted molar refractivity (Wildman–Crippen MR) is 47.5 cm³/mol. The van der Waals surface area contributed by atoms with E-state index in [1.165, 1.54) is 0 Å². The molecule has 0 heterocycles. The van der Waals surface area contributed by atoms with Gasteiger partial charge in [-0.2, -0.15) is 0 Å². The number of carboxylic acids is 1. The minimum atomic E-state index is -3.68. The largest absolute Gasteiger partial charge is 0.480 e. The quantitative estimate of drug-likeness (QED) is 0.448. The van der Waals surface area contributed by atoms with E-state index in [0.717, 1.165) is 0 Å². The van der Waals surface area contributed by atoms with E-state index < -0.39 is 21.7 Å². The molecule has 0 aliphatic rings. The summed E-state index contributed by atoms with van der Waals surface area (Å²) < 4.78 is 23.8. The Morgan fingerprint density at radius 2 is 2.15 bits per heavy atom. The summed E-state index contributed by atoms with van der Waals surface area (Å²) in [5.74, 6) is 0.0730. The number of terminal acetylenes is 1. The van der Waals surface area contributed by atoms with Crippen molar-refractivity contribution in [3.8, 4) is 12.3 Å². The first-order valence-corrected chi connectivity index (χ1v) is 5.26. The Kier molecular flexibility index (Phi) is 5.11. The molecule has 2 N–H and O–H groups in total. The van der Waals surface area contributed by atoms with Gasteiger partial charge in [0.1, 0.15) is 0 Å². The van der Waals surface area contributed by atoms with Crippen molar-refractivity contribution in [3.05, 3.63) is 0 Å². The Hall–Kier alpha value is -1.06. The minimum Gasteiger partial charge on any atom is -0.480 e. The Morgan fingerprint density at radius 3 is 2.62 bits per heavy atom. The Labute approximate surface area is 77.2 Å². The second-order valence-electron chi connectivity index (χ2n) is 2.35. The molecule has 0 aromatic rings. The molecular formula is C7H11NO4S. The predicted octanol–water partition coefficient (Wildman–Crippen LogP) is -0.596. The van der Waals surface area contributed by atoms with Crippen LogP contribution in [0.4, 0.5) is 0 Å². The van der Waals surface area contributed by atoms with E-state index >= 15 is 0 Å². The Bertz CT molecular complexity index is 301. The van der Waals surface area contributed by atoms with E-state index in [9.17, 15) is 13.2 Å². The maximum Gasteiger partial charge on any atom is 0.320 e. The summed E-state index contributed by atoms with van der Waals surface area (Å²) in [5.41, 5.74) is 0. The number of carboxylic acid groups (broad SMARTS) is 1. The van der Waals surface area contributed by atoms with Crippen LogP contribution in [-0.2, 0) is 14.8 Å². The molecule has 0 saturated heterocycles. The van der Waals surface area contributed by atoms with Crippen LogP contribution in [-0.4, -0.2) is 31.8 Å². The fraction of sp³-hybridized carbons (Fsp3) is 0.571. The first-order valence-electron chi connectivity index (χ1n) is 3.60. The van der Waals surface area contributed by atoms with Crippen LogP contribution in [0.2, 0.25) is 0 Å². The molecule has 0 aliphatic carbocycles. The van der Waals surface area contributed by atoms with Crippen molar-refractivity contribution in [1.29, 1.82) is 0 Å². The van der Waals surface area contributed by atoms with Gasteiger partial charge in [-0.1, -0.05) is 0 Å². The molecule has 0 fully saturated rings. The molecule has 0 spiro atoms. The SMILES string of the molecule is C#CCCCNS(=O)(=O)CC(=O)O. The Morgan fingerprint density at radius 1 is 1.54 bits per heavy atom. The molecule has 0 radical (unpaired) electrons. The zero-order valence-electron chi connectivity index (χ0n) is 6.99. The molecule has 0 rings (SSSR count). The molecule has 0 aromatic heterocycles. The van der Waals surface area contributed by atoms with E-state index in [1.807, 2.05) is 0 Å². The maximum atomic E-state index is 10.9. The lowest BCUT2D eigenvalue weighted by Crippen LogP contribution is -2.30. The van der Waals surface area contributed by atoms with Gasteiger partial charge < -0.3 is 5.11 Å². The third-order valence-electron chi connectivity index (χ3n) is 1.13. The molecule has 6 heteroatoms. The van der Waals surface area contributed by atoms with E-state index in [1.54, 1.807) is 0 Å². The molecule has 5 nitrogen and oxygen atoms in total. The zero-order valence-corrected chi connectivity index (χ0v) is 7.80. The summed E-state index contributed by atoms with van der Waals surface area (Å²) in [7, 11) is -3.68. The average Bonchev–Trinajstić information content (AvgIpc) is 1.95. The summed E-state index contributed by atoms with van der Waals surface area (Å²) in [6.07, 6.45) is 5.91. The number of hydrogen-bond acceptors (Lipinski definition) is 3. The molecular weight excluding hydrogens is 194 g/mol. The number of rotatable bonds is 6. The molecule has 0 amide bonds. The van der Waals surface area contributed by atoms with Crippen LogP contribution in [0.15, 0.2) is 0 Å². The van der Waals surface area contributed by atoms with Crippen LogP contribution in [0, 0.1) is 12.3 Å². The van der Waals surface area contributed by atoms with E-state index in [-0.39, 0.29) is 6.54 Å². The highest BCUT2D eigenvalue weighted by Crippen LogP contribution is 1.88. The average molecular weight is 205 g/mol. The third-order valence-corrected chi connectivity index (χ3v) is 2.40. The first-order chi connectivity index (χ1) is 5.98. The normalized spacial score (nSPS) is 10.7. The number of nitrogens with one attached hydrogen (secondary N) is 1. The van der Waals surface area contributed by atoms with Gasteiger partial charge in [0.2, 0.25) is 10.0 Å². The molecule has 0 atom stereocenters. The van der Waals surface area contributed by atoms with Crippen molar-refractivity contribution in [2.45, 2.75) is 12.8 Å². The van der Waals surface area contributed by atoms with Gasteiger partial charge in [-0.3, -0.25) is 4.79 Å². The molecule has 0 aromatic carbocycles. The maximum absolute atomic E-state index is 10.9. The van der Waals surface area contributed by atoms with Gasteiger partial charge in [-0.05, 0) is 6.42 Å². The van der Waals surface area contributed by atoms with E-state index in [4.69, 9.17) is 11.5 Å². The smallest absolute Gasteiger partial charge is 0.320 e. The van der Waals surface area contributed by atoms with Gasteiger partial charge in [0.05, 0.1) is 0 Å². The van der Waals surface area contributed by atoms with Crippen molar-refractivity contribution in [2.24, 2.45) is 0 Å². The molecule has 0 aliphatic heterocycles. The molecule has 0 bridgehead atoms. The molecule has 74 valence electrons.